The summed E-state index contributed by atoms with van der Waals surface area (Å²) in [7, 11) is 0. The van der Waals surface area contributed by atoms with Gasteiger partial charge in [-0.3, -0.25) is 0 Å². The molecule has 0 saturated heterocycles. The van der Waals surface area contributed by atoms with Crippen molar-refractivity contribution in [2.75, 3.05) is 0 Å². The lowest BCUT2D eigenvalue weighted by atomic mass is 10.00. The number of rotatable bonds is 5. The predicted molar refractivity (Wildman–Crippen MR) is 85.5 cm³/mol. The van der Waals surface area contributed by atoms with Crippen molar-refractivity contribution in [3.63, 3.8) is 0 Å². The Morgan fingerprint density at radius 1 is 1.11 bits per heavy atom. The largest absolute Gasteiger partial charge is 0.324 e. The summed E-state index contributed by atoms with van der Waals surface area (Å²) in [5.41, 5.74) is 8.69. The molecule has 19 heavy (non-hydrogen) atoms. The van der Waals surface area contributed by atoms with Crippen molar-refractivity contribution in [1.82, 2.24) is 0 Å². The van der Waals surface area contributed by atoms with E-state index in [0.717, 1.165) is 34.3 Å². The van der Waals surface area contributed by atoms with Crippen LogP contribution in [0.3, 0.4) is 0 Å². The zero-order chi connectivity index (χ0) is 13.7. The molecule has 100 valence electrons. The normalized spacial score (nSPS) is 12.4. The fourth-order valence-corrected chi connectivity index (χ4v) is 2.85. The average Bonchev–Trinajstić information content (AvgIpc) is 2.42. The second-order valence-electron chi connectivity index (χ2n) is 4.65. The number of halogens is 2. The summed E-state index contributed by atoms with van der Waals surface area (Å²) in [6.07, 6.45) is 3.09. The van der Waals surface area contributed by atoms with Gasteiger partial charge in [-0.1, -0.05) is 57.9 Å². The highest BCUT2D eigenvalue weighted by molar-refractivity contribution is 9.10. The molecule has 0 heterocycles. The van der Waals surface area contributed by atoms with Crippen molar-refractivity contribution in [1.29, 1.82) is 0 Å². The first kappa shape index (κ1) is 14.6. The molecule has 2 rings (SSSR count). The van der Waals surface area contributed by atoms with E-state index in [0.29, 0.717) is 0 Å². The monoisotopic (exact) mass is 337 g/mol. The van der Waals surface area contributed by atoms with Crippen LogP contribution in [0.15, 0.2) is 53.0 Å². The van der Waals surface area contributed by atoms with Crippen LogP contribution in [0.5, 0.6) is 0 Å². The van der Waals surface area contributed by atoms with Gasteiger partial charge in [-0.05, 0) is 48.6 Å². The topological polar surface area (TPSA) is 26.0 Å². The number of hydrogen-bond acceptors (Lipinski definition) is 1. The molecule has 0 aliphatic rings. The van der Waals surface area contributed by atoms with E-state index in [1.54, 1.807) is 0 Å². The van der Waals surface area contributed by atoms with Crippen molar-refractivity contribution < 1.29 is 0 Å². The molecule has 0 amide bonds. The molecular formula is C16H17BrClN. The Labute approximate surface area is 127 Å². The predicted octanol–water partition coefficient (Wildman–Crippen LogP) is 5.13. The van der Waals surface area contributed by atoms with E-state index in [1.807, 2.05) is 24.3 Å². The van der Waals surface area contributed by atoms with Gasteiger partial charge in [0, 0.05) is 15.5 Å². The third-order valence-corrected chi connectivity index (χ3v) is 4.14. The minimum absolute atomic E-state index is 0.0248. The van der Waals surface area contributed by atoms with Crippen LogP contribution >= 0.6 is 27.5 Å². The van der Waals surface area contributed by atoms with Crippen LogP contribution in [-0.4, -0.2) is 0 Å². The highest BCUT2D eigenvalue weighted by Crippen LogP contribution is 2.28. The molecule has 0 aromatic heterocycles. The van der Waals surface area contributed by atoms with Gasteiger partial charge in [0.25, 0.3) is 0 Å². The quantitative estimate of drug-likeness (QED) is 0.804. The van der Waals surface area contributed by atoms with Crippen LogP contribution in [0.25, 0.3) is 0 Å². The zero-order valence-corrected chi connectivity index (χ0v) is 13.0. The Bertz CT molecular complexity index is 528. The van der Waals surface area contributed by atoms with Gasteiger partial charge in [0.2, 0.25) is 0 Å². The maximum atomic E-state index is 6.24. The summed E-state index contributed by atoms with van der Waals surface area (Å²) in [6, 6.07) is 16.3. The first-order chi connectivity index (χ1) is 9.16. The van der Waals surface area contributed by atoms with Crippen LogP contribution in [0, 0.1) is 0 Å². The van der Waals surface area contributed by atoms with Gasteiger partial charge in [0.1, 0.15) is 0 Å². The molecule has 3 heteroatoms. The standard InChI is InChI=1S/C16H17BrClN/c17-15-10-9-13(18)11-14(15)16(19)8-4-7-12-5-2-1-3-6-12/h1-3,5-6,9-11,16H,4,7-8,19H2. The summed E-state index contributed by atoms with van der Waals surface area (Å²) in [6.45, 7) is 0. The van der Waals surface area contributed by atoms with E-state index in [-0.39, 0.29) is 6.04 Å². The Balaban J connectivity index is 1.91. The van der Waals surface area contributed by atoms with Gasteiger partial charge >= 0.3 is 0 Å². The lowest BCUT2D eigenvalue weighted by Gasteiger charge is -2.14. The Hall–Kier alpha value is -0.830. The fourth-order valence-electron chi connectivity index (χ4n) is 2.13. The maximum absolute atomic E-state index is 6.24. The Kier molecular flexibility index (Phi) is 5.44. The molecule has 0 aliphatic carbocycles. The third kappa shape index (κ3) is 4.34. The van der Waals surface area contributed by atoms with Crippen molar-refractivity contribution >= 4 is 27.5 Å². The molecule has 1 nitrogen and oxygen atoms in total. The van der Waals surface area contributed by atoms with E-state index in [4.69, 9.17) is 17.3 Å². The van der Waals surface area contributed by atoms with Gasteiger partial charge in [0.05, 0.1) is 0 Å². The molecular weight excluding hydrogens is 322 g/mol. The van der Waals surface area contributed by atoms with Crippen molar-refractivity contribution in [3.8, 4) is 0 Å². The molecule has 0 radical (unpaired) electrons. The zero-order valence-electron chi connectivity index (χ0n) is 10.7. The molecule has 0 fully saturated rings. The highest BCUT2D eigenvalue weighted by atomic mass is 79.9. The van der Waals surface area contributed by atoms with Crippen molar-refractivity contribution in [2.45, 2.75) is 25.3 Å². The first-order valence-corrected chi connectivity index (χ1v) is 7.58. The Morgan fingerprint density at radius 3 is 2.58 bits per heavy atom. The summed E-state index contributed by atoms with van der Waals surface area (Å²) in [5.74, 6) is 0. The van der Waals surface area contributed by atoms with Crippen LogP contribution in [0.2, 0.25) is 5.02 Å². The highest BCUT2D eigenvalue weighted by Gasteiger charge is 2.10. The van der Waals surface area contributed by atoms with Crippen molar-refractivity contribution in [2.24, 2.45) is 5.73 Å². The minimum atomic E-state index is 0.0248. The number of hydrogen-bond donors (Lipinski definition) is 1. The third-order valence-electron chi connectivity index (χ3n) is 3.18. The summed E-state index contributed by atoms with van der Waals surface area (Å²) in [4.78, 5) is 0. The molecule has 0 bridgehead atoms. The van der Waals surface area contributed by atoms with Gasteiger partial charge in [-0.15, -0.1) is 0 Å². The second-order valence-corrected chi connectivity index (χ2v) is 5.94. The molecule has 2 aromatic rings. The summed E-state index contributed by atoms with van der Waals surface area (Å²) >= 11 is 9.54. The van der Waals surface area contributed by atoms with Gasteiger partial charge in [-0.25, -0.2) is 0 Å². The smallest absolute Gasteiger partial charge is 0.0410 e. The van der Waals surface area contributed by atoms with Gasteiger partial charge < -0.3 is 5.73 Å². The minimum Gasteiger partial charge on any atom is -0.324 e. The molecule has 0 spiro atoms. The number of benzene rings is 2. The van der Waals surface area contributed by atoms with Crippen LogP contribution in [-0.2, 0) is 6.42 Å². The van der Waals surface area contributed by atoms with Crippen LogP contribution in [0.1, 0.15) is 30.0 Å². The number of nitrogens with two attached hydrogens (primary N) is 1. The first-order valence-electron chi connectivity index (χ1n) is 6.41. The summed E-state index contributed by atoms with van der Waals surface area (Å²) < 4.78 is 1.03. The van der Waals surface area contributed by atoms with Crippen molar-refractivity contribution in [3.05, 3.63) is 69.2 Å². The van der Waals surface area contributed by atoms with Crippen LogP contribution < -0.4 is 5.73 Å². The van der Waals surface area contributed by atoms with E-state index >= 15 is 0 Å². The molecule has 2 aromatic carbocycles. The second kappa shape index (κ2) is 7.09. The number of aryl methyl sites for hydroxylation is 1. The van der Waals surface area contributed by atoms with E-state index < -0.39 is 0 Å². The molecule has 2 N–H and O–H groups in total. The maximum Gasteiger partial charge on any atom is 0.0410 e. The Morgan fingerprint density at radius 2 is 1.84 bits per heavy atom. The summed E-state index contributed by atoms with van der Waals surface area (Å²) in [5, 5.41) is 0.733. The van der Waals surface area contributed by atoms with Gasteiger partial charge in [0.15, 0.2) is 0 Å². The average molecular weight is 339 g/mol. The SMILES string of the molecule is NC(CCCc1ccccc1)c1cc(Cl)ccc1Br. The molecule has 1 unspecified atom stereocenters. The molecule has 0 saturated carbocycles. The van der Waals surface area contributed by atoms with Crippen LogP contribution in [0.4, 0.5) is 0 Å². The van der Waals surface area contributed by atoms with E-state index in [1.165, 1.54) is 5.56 Å². The van der Waals surface area contributed by atoms with Gasteiger partial charge in [-0.2, -0.15) is 0 Å². The lowest BCUT2D eigenvalue weighted by Crippen LogP contribution is -2.11. The van der Waals surface area contributed by atoms with E-state index in [2.05, 4.69) is 40.2 Å². The lowest BCUT2D eigenvalue weighted by molar-refractivity contribution is 0.609. The van der Waals surface area contributed by atoms with E-state index in [9.17, 15) is 0 Å². The molecule has 1 atom stereocenters. The molecule has 0 aliphatic heterocycles. The fraction of sp³-hybridized carbons (Fsp3) is 0.250.